The fourth-order valence-corrected chi connectivity index (χ4v) is 2.67. The fourth-order valence-electron chi connectivity index (χ4n) is 2.67. The molecule has 2 unspecified atom stereocenters. The van der Waals surface area contributed by atoms with E-state index in [-0.39, 0.29) is 5.91 Å². The molecular weight excluding hydrogens is 270 g/mol. The van der Waals surface area contributed by atoms with Crippen molar-refractivity contribution < 1.29 is 19.4 Å². The van der Waals surface area contributed by atoms with Crippen LogP contribution in [0.5, 0.6) is 5.75 Å². The van der Waals surface area contributed by atoms with Gasteiger partial charge in [0.05, 0.1) is 6.61 Å². The zero-order valence-electron chi connectivity index (χ0n) is 12.4. The number of ether oxygens (including phenoxy) is 1. The highest BCUT2D eigenvalue weighted by molar-refractivity contribution is 5.97. The van der Waals surface area contributed by atoms with Crippen molar-refractivity contribution in [3.8, 4) is 5.75 Å². The summed E-state index contributed by atoms with van der Waals surface area (Å²) < 4.78 is 5.39. The monoisotopic (exact) mass is 291 g/mol. The predicted molar refractivity (Wildman–Crippen MR) is 78.5 cm³/mol. The molecule has 5 nitrogen and oxygen atoms in total. The lowest BCUT2D eigenvalue weighted by Crippen LogP contribution is -2.49. The number of carboxylic acids is 1. The summed E-state index contributed by atoms with van der Waals surface area (Å²) in [6.45, 7) is 4.90. The first-order chi connectivity index (χ1) is 10.0. The summed E-state index contributed by atoms with van der Waals surface area (Å²) in [6.07, 6.45) is 1.34. The van der Waals surface area contributed by atoms with E-state index in [0.717, 1.165) is 6.42 Å². The Morgan fingerprint density at radius 3 is 2.86 bits per heavy atom. The number of piperidine rings is 1. The minimum Gasteiger partial charge on any atom is -0.494 e. The Kier molecular flexibility index (Phi) is 4.83. The van der Waals surface area contributed by atoms with E-state index in [1.165, 1.54) is 4.90 Å². The van der Waals surface area contributed by atoms with Crippen LogP contribution in [-0.4, -0.2) is 41.1 Å². The van der Waals surface area contributed by atoms with Gasteiger partial charge in [0.2, 0.25) is 0 Å². The molecule has 1 aliphatic heterocycles. The van der Waals surface area contributed by atoms with Gasteiger partial charge in [-0.05, 0) is 43.9 Å². The number of carbonyl (C=O) groups excluding carboxylic acids is 1. The molecule has 1 fully saturated rings. The molecule has 2 rings (SSSR count). The number of hydrogen-bond donors (Lipinski definition) is 1. The van der Waals surface area contributed by atoms with Crippen molar-refractivity contribution in [1.82, 2.24) is 4.90 Å². The van der Waals surface area contributed by atoms with E-state index in [1.807, 2.05) is 13.8 Å². The molecule has 0 bridgehead atoms. The van der Waals surface area contributed by atoms with Crippen molar-refractivity contribution in [3.05, 3.63) is 29.8 Å². The highest BCUT2D eigenvalue weighted by Gasteiger charge is 2.35. The van der Waals surface area contributed by atoms with Crippen LogP contribution in [0.1, 0.15) is 37.0 Å². The summed E-state index contributed by atoms with van der Waals surface area (Å²) in [4.78, 5) is 25.4. The second-order valence-corrected chi connectivity index (χ2v) is 5.44. The third-order valence-corrected chi connectivity index (χ3v) is 3.80. The minimum atomic E-state index is -0.934. The van der Waals surface area contributed by atoms with E-state index >= 15 is 0 Å². The normalized spacial score (nSPS) is 21.9. The van der Waals surface area contributed by atoms with Gasteiger partial charge in [-0.25, -0.2) is 4.79 Å². The van der Waals surface area contributed by atoms with E-state index in [9.17, 15) is 14.7 Å². The second-order valence-electron chi connectivity index (χ2n) is 5.44. The smallest absolute Gasteiger partial charge is 0.326 e. The van der Waals surface area contributed by atoms with Crippen LogP contribution in [0.3, 0.4) is 0 Å². The summed E-state index contributed by atoms with van der Waals surface area (Å²) in [6, 6.07) is 6.16. The number of carbonyl (C=O) groups is 2. The molecule has 1 saturated heterocycles. The maximum Gasteiger partial charge on any atom is 0.326 e. The molecular formula is C16H21NO4. The van der Waals surface area contributed by atoms with Crippen molar-refractivity contribution in [2.45, 2.75) is 32.7 Å². The number of hydrogen-bond acceptors (Lipinski definition) is 3. The third kappa shape index (κ3) is 3.54. The fraction of sp³-hybridized carbons (Fsp3) is 0.500. The first-order valence-corrected chi connectivity index (χ1v) is 7.29. The van der Waals surface area contributed by atoms with Crippen LogP contribution in [-0.2, 0) is 4.79 Å². The number of aliphatic carboxylic acids is 1. The van der Waals surface area contributed by atoms with Crippen LogP contribution in [0.2, 0.25) is 0 Å². The average Bonchev–Trinajstić information content (AvgIpc) is 2.47. The van der Waals surface area contributed by atoms with Crippen LogP contribution in [0.4, 0.5) is 0 Å². The van der Waals surface area contributed by atoms with E-state index in [4.69, 9.17) is 4.74 Å². The Morgan fingerprint density at radius 1 is 1.43 bits per heavy atom. The van der Waals surface area contributed by atoms with Crippen molar-refractivity contribution >= 4 is 11.9 Å². The maximum absolute atomic E-state index is 12.6. The van der Waals surface area contributed by atoms with Gasteiger partial charge < -0.3 is 14.7 Å². The van der Waals surface area contributed by atoms with Gasteiger partial charge >= 0.3 is 5.97 Å². The van der Waals surface area contributed by atoms with Crippen molar-refractivity contribution in [2.24, 2.45) is 5.92 Å². The first-order valence-electron chi connectivity index (χ1n) is 7.29. The Balaban J connectivity index is 2.21. The lowest BCUT2D eigenvalue weighted by molar-refractivity contribution is -0.144. The van der Waals surface area contributed by atoms with Gasteiger partial charge in [0.25, 0.3) is 5.91 Å². The van der Waals surface area contributed by atoms with Gasteiger partial charge in [0.15, 0.2) is 0 Å². The number of likely N-dealkylation sites (tertiary alicyclic amines) is 1. The number of amides is 1. The molecule has 1 aromatic rings. The lowest BCUT2D eigenvalue weighted by Gasteiger charge is -2.36. The highest BCUT2D eigenvalue weighted by atomic mass is 16.5. The van der Waals surface area contributed by atoms with Gasteiger partial charge in [-0.2, -0.15) is 0 Å². The summed E-state index contributed by atoms with van der Waals surface area (Å²) in [7, 11) is 0. The largest absolute Gasteiger partial charge is 0.494 e. The average molecular weight is 291 g/mol. The molecule has 21 heavy (non-hydrogen) atoms. The van der Waals surface area contributed by atoms with Crippen molar-refractivity contribution in [2.75, 3.05) is 13.2 Å². The second kappa shape index (κ2) is 6.61. The van der Waals surface area contributed by atoms with Gasteiger partial charge in [-0.1, -0.05) is 13.0 Å². The summed E-state index contributed by atoms with van der Waals surface area (Å²) in [5, 5.41) is 9.34. The molecule has 2 atom stereocenters. The number of carboxylic acid groups (broad SMARTS) is 1. The van der Waals surface area contributed by atoms with Crippen LogP contribution in [0.25, 0.3) is 0 Å². The number of rotatable bonds is 4. The Hall–Kier alpha value is -2.04. The summed E-state index contributed by atoms with van der Waals surface area (Å²) in [5.41, 5.74) is 0.474. The molecule has 1 aromatic carbocycles. The number of nitrogens with zero attached hydrogens (tertiary/aromatic N) is 1. The molecule has 0 saturated carbocycles. The molecule has 0 aliphatic carbocycles. The lowest BCUT2D eigenvalue weighted by atomic mass is 9.92. The predicted octanol–water partition coefficient (Wildman–Crippen LogP) is 2.41. The topological polar surface area (TPSA) is 66.8 Å². The molecule has 1 aliphatic rings. The summed E-state index contributed by atoms with van der Waals surface area (Å²) >= 11 is 0. The van der Waals surface area contributed by atoms with E-state index in [0.29, 0.717) is 36.8 Å². The van der Waals surface area contributed by atoms with Crippen molar-refractivity contribution in [3.63, 3.8) is 0 Å². The van der Waals surface area contributed by atoms with Gasteiger partial charge in [-0.3, -0.25) is 4.79 Å². The molecule has 0 aromatic heterocycles. The van der Waals surface area contributed by atoms with Crippen LogP contribution in [0.15, 0.2) is 24.3 Å². The highest BCUT2D eigenvalue weighted by Crippen LogP contribution is 2.25. The SMILES string of the molecule is CCOc1cccc(C(=O)N2CCC(C)CC2C(=O)O)c1. The maximum atomic E-state index is 12.6. The molecule has 1 amide bonds. The quantitative estimate of drug-likeness (QED) is 0.925. The number of benzene rings is 1. The van der Waals surface area contributed by atoms with E-state index in [2.05, 4.69) is 0 Å². The van der Waals surface area contributed by atoms with Crippen LogP contribution < -0.4 is 4.74 Å². The molecule has 0 radical (unpaired) electrons. The van der Waals surface area contributed by atoms with E-state index in [1.54, 1.807) is 24.3 Å². The zero-order chi connectivity index (χ0) is 15.4. The molecule has 1 N–H and O–H groups in total. The van der Waals surface area contributed by atoms with Gasteiger partial charge in [0.1, 0.15) is 11.8 Å². The molecule has 1 heterocycles. The molecule has 114 valence electrons. The molecule has 0 spiro atoms. The van der Waals surface area contributed by atoms with Gasteiger partial charge in [0, 0.05) is 12.1 Å². The van der Waals surface area contributed by atoms with Crippen LogP contribution >= 0.6 is 0 Å². The first kappa shape index (κ1) is 15.4. The van der Waals surface area contributed by atoms with E-state index < -0.39 is 12.0 Å². The Bertz CT molecular complexity index is 529. The Morgan fingerprint density at radius 2 is 2.19 bits per heavy atom. The third-order valence-electron chi connectivity index (χ3n) is 3.80. The van der Waals surface area contributed by atoms with Gasteiger partial charge in [-0.15, -0.1) is 0 Å². The summed E-state index contributed by atoms with van der Waals surface area (Å²) in [5.74, 6) is -0.225. The van der Waals surface area contributed by atoms with Crippen LogP contribution in [0, 0.1) is 5.92 Å². The standard InChI is InChI=1S/C16H21NO4/c1-3-21-13-6-4-5-12(10-13)15(18)17-8-7-11(2)9-14(17)16(19)20/h4-6,10-11,14H,3,7-9H2,1-2H3,(H,19,20). The zero-order valence-corrected chi connectivity index (χ0v) is 12.4. The van der Waals surface area contributed by atoms with Crippen molar-refractivity contribution in [1.29, 1.82) is 0 Å². The molecule has 5 heteroatoms. The Labute approximate surface area is 124 Å². The minimum absolute atomic E-state index is 0.240.